The van der Waals surface area contributed by atoms with Crippen LogP contribution in [-0.4, -0.2) is 20.7 Å². The predicted molar refractivity (Wildman–Crippen MR) is 63.6 cm³/mol. The molecule has 0 aromatic carbocycles. The first-order chi connectivity index (χ1) is 8.15. The predicted octanol–water partition coefficient (Wildman–Crippen LogP) is 1.40. The van der Waals surface area contributed by atoms with Gasteiger partial charge in [-0.2, -0.15) is 5.10 Å². The van der Waals surface area contributed by atoms with Gasteiger partial charge in [-0.05, 0) is 18.2 Å². The fourth-order valence-corrected chi connectivity index (χ4v) is 1.51. The number of amides is 1. The summed E-state index contributed by atoms with van der Waals surface area (Å²) in [5, 5.41) is 7.36. The lowest BCUT2D eigenvalue weighted by Gasteiger charge is -2.02. The third-order valence-corrected chi connectivity index (χ3v) is 2.39. The van der Waals surface area contributed by atoms with Gasteiger partial charge >= 0.3 is 0 Å². The minimum Gasteiger partial charge on any atom is -0.345 e. The molecule has 0 aliphatic carbocycles. The maximum atomic E-state index is 11.7. The van der Waals surface area contributed by atoms with Crippen LogP contribution in [0.25, 0.3) is 0 Å². The molecule has 0 fully saturated rings. The molecule has 0 aliphatic heterocycles. The number of rotatable bonds is 3. The van der Waals surface area contributed by atoms with E-state index in [-0.39, 0.29) is 5.91 Å². The molecule has 88 valence electrons. The molecule has 2 aromatic rings. The molecule has 2 rings (SSSR count). The summed E-state index contributed by atoms with van der Waals surface area (Å²) in [7, 11) is 1.82. The van der Waals surface area contributed by atoms with E-state index in [4.69, 9.17) is 11.6 Å². The SMILES string of the molecule is Cn1ccc(CNC(=O)c2cc(Cl)ccn2)n1. The van der Waals surface area contributed by atoms with E-state index in [0.29, 0.717) is 17.3 Å². The molecule has 0 aliphatic rings. The van der Waals surface area contributed by atoms with Gasteiger partial charge in [-0.3, -0.25) is 14.5 Å². The molecule has 1 amide bonds. The van der Waals surface area contributed by atoms with E-state index in [9.17, 15) is 4.79 Å². The Morgan fingerprint density at radius 1 is 1.53 bits per heavy atom. The standard InChI is InChI=1S/C11H11ClN4O/c1-16-5-3-9(15-16)7-14-11(17)10-6-8(12)2-4-13-10/h2-6H,7H2,1H3,(H,14,17). The number of pyridine rings is 1. The Labute approximate surface area is 103 Å². The van der Waals surface area contributed by atoms with Crippen LogP contribution in [0.3, 0.4) is 0 Å². The van der Waals surface area contributed by atoms with Gasteiger partial charge in [0.15, 0.2) is 0 Å². The van der Waals surface area contributed by atoms with Crippen LogP contribution in [0.5, 0.6) is 0 Å². The van der Waals surface area contributed by atoms with Crippen molar-refractivity contribution in [3.05, 3.63) is 47.0 Å². The molecular weight excluding hydrogens is 240 g/mol. The third-order valence-electron chi connectivity index (χ3n) is 2.15. The molecule has 2 aromatic heterocycles. The van der Waals surface area contributed by atoms with Crippen molar-refractivity contribution in [2.45, 2.75) is 6.54 Å². The second-order valence-corrected chi connectivity index (χ2v) is 3.96. The zero-order valence-electron chi connectivity index (χ0n) is 9.22. The van der Waals surface area contributed by atoms with Crippen molar-refractivity contribution in [3.8, 4) is 0 Å². The van der Waals surface area contributed by atoms with Gasteiger partial charge in [0.25, 0.3) is 5.91 Å². The summed E-state index contributed by atoms with van der Waals surface area (Å²) in [5.41, 5.74) is 1.09. The highest BCUT2D eigenvalue weighted by molar-refractivity contribution is 6.30. The molecule has 0 saturated heterocycles. The Hall–Kier alpha value is -1.88. The van der Waals surface area contributed by atoms with Crippen molar-refractivity contribution in [2.75, 3.05) is 0 Å². The Bertz CT molecular complexity index is 538. The Kier molecular flexibility index (Phi) is 3.39. The number of hydrogen-bond acceptors (Lipinski definition) is 3. The third kappa shape index (κ3) is 3.04. The maximum absolute atomic E-state index is 11.7. The fraction of sp³-hybridized carbons (Fsp3) is 0.182. The summed E-state index contributed by atoms with van der Waals surface area (Å²) < 4.78 is 1.68. The van der Waals surface area contributed by atoms with Crippen LogP contribution in [0.4, 0.5) is 0 Å². The van der Waals surface area contributed by atoms with Gasteiger partial charge in [-0.1, -0.05) is 11.6 Å². The van der Waals surface area contributed by atoms with Gasteiger partial charge in [-0.25, -0.2) is 0 Å². The first-order valence-electron chi connectivity index (χ1n) is 5.03. The lowest BCUT2D eigenvalue weighted by molar-refractivity contribution is 0.0945. The number of aromatic nitrogens is 3. The largest absolute Gasteiger partial charge is 0.345 e. The summed E-state index contributed by atoms with van der Waals surface area (Å²) in [6.07, 6.45) is 3.32. The van der Waals surface area contributed by atoms with Crippen molar-refractivity contribution in [1.82, 2.24) is 20.1 Å². The molecule has 0 bridgehead atoms. The van der Waals surface area contributed by atoms with E-state index < -0.39 is 0 Å². The van der Waals surface area contributed by atoms with Crippen LogP contribution < -0.4 is 5.32 Å². The van der Waals surface area contributed by atoms with Gasteiger partial charge in [0.2, 0.25) is 0 Å². The number of hydrogen-bond donors (Lipinski definition) is 1. The van der Waals surface area contributed by atoms with Gasteiger partial charge in [0.1, 0.15) is 5.69 Å². The maximum Gasteiger partial charge on any atom is 0.270 e. The van der Waals surface area contributed by atoms with E-state index in [1.807, 2.05) is 19.3 Å². The monoisotopic (exact) mass is 250 g/mol. The van der Waals surface area contributed by atoms with Crippen LogP contribution in [0, 0.1) is 0 Å². The van der Waals surface area contributed by atoms with Crippen LogP contribution in [0.1, 0.15) is 16.2 Å². The molecule has 6 heteroatoms. The van der Waals surface area contributed by atoms with E-state index in [1.165, 1.54) is 12.3 Å². The number of carbonyl (C=O) groups excluding carboxylic acids is 1. The van der Waals surface area contributed by atoms with E-state index >= 15 is 0 Å². The smallest absolute Gasteiger partial charge is 0.270 e. The molecule has 0 spiro atoms. The van der Waals surface area contributed by atoms with Crippen molar-refractivity contribution in [3.63, 3.8) is 0 Å². The summed E-state index contributed by atoms with van der Waals surface area (Å²) in [5.74, 6) is -0.266. The molecule has 5 nitrogen and oxygen atoms in total. The second kappa shape index (κ2) is 4.97. The molecule has 0 unspecified atom stereocenters. The summed E-state index contributed by atoms with van der Waals surface area (Å²) in [4.78, 5) is 15.6. The lowest BCUT2D eigenvalue weighted by Crippen LogP contribution is -2.24. The lowest BCUT2D eigenvalue weighted by atomic mass is 10.3. The molecule has 0 radical (unpaired) electrons. The summed E-state index contributed by atoms with van der Waals surface area (Å²) >= 11 is 5.77. The molecule has 0 saturated carbocycles. The zero-order chi connectivity index (χ0) is 12.3. The van der Waals surface area contributed by atoms with Crippen molar-refractivity contribution in [1.29, 1.82) is 0 Å². The Morgan fingerprint density at radius 3 is 3.00 bits per heavy atom. The summed E-state index contributed by atoms with van der Waals surface area (Å²) in [6, 6.07) is 4.98. The fourth-order valence-electron chi connectivity index (χ4n) is 1.35. The molecule has 17 heavy (non-hydrogen) atoms. The van der Waals surface area contributed by atoms with E-state index in [1.54, 1.807) is 10.7 Å². The van der Waals surface area contributed by atoms with E-state index in [2.05, 4.69) is 15.4 Å². The molecular formula is C11H11ClN4O. The van der Waals surface area contributed by atoms with Crippen molar-refractivity contribution in [2.24, 2.45) is 7.05 Å². The minimum atomic E-state index is -0.266. The average molecular weight is 251 g/mol. The average Bonchev–Trinajstić information content (AvgIpc) is 2.72. The topological polar surface area (TPSA) is 59.8 Å². The highest BCUT2D eigenvalue weighted by Crippen LogP contribution is 2.07. The van der Waals surface area contributed by atoms with Gasteiger partial charge in [0.05, 0.1) is 12.2 Å². The molecule has 2 heterocycles. The summed E-state index contributed by atoms with van der Waals surface area (Å²) in [6.45, 7) is 0.369. The van der Waals surface area contributed by atoms with Crippen molar-refractivity contribution >= 4 is 17.5 Å². The van der Waals surface area contributed by atoms with Crippen LogP contribution >= 0.6 is 11.6 Å². The molecule has 0 atom stereocenters. The van der Waals surface area contributed by atoms with Crippen LogP contribution in [-0.2, 0) is 13.6 Å². The number of nitrogens with zero attached hydrogens (tertiary/aromatic N) is 3. The number of aryl methyl sites for hydroxylation is 1. The highest BCUT2D eigenvalue weighted by Gasteiger charge is 2.07. The molecule has 1 N–H and O–H groups in total. The van der Waals surface area contributed by atoms with Crippen LogP contribution in [0.2, 0.25) is 5.02 Å². The number of nitrogens with one attached hydrogen (secondary N) is 1. The first-order valence-corrected chi connectivity index (χ1v) is 5.41. The Balaban J connectivity index is 1.98. The van der Waals surface area contributed by atoms with Crippen LogP contribution in [0.15, 0.2) is 30.6 Å². The van der Waals surface area contributed by atoms with Gasteiger partial charge in [-0.15, -0.1) is 0 Å². The van der Waals surface area contributed by atoms with Gasteiger partial charge < -0.3 is 5.32 Å². The second-order valence-electron chi connectivity index (χ2n) is 3.52. The quantitative estimate of drug-likeness (QED) is 0.896. The van der Waals surface area contributed by atoms with E-state index in [0.717, 1.165) is 5.69 Å². The van der Waals surface area contributed by atoms with Crippen molar-refractivity contribution < 1.29 is 4.79 Å². The number of halogens is 1. The minimum absolute atomic E-state index is 0.266. The normalized spacial score (nSPS) is 10.2. The van der Waals surface area contributed by atoms with Gasteiger partial charge in [0, 0.05) is 24.5 Å². The highest BCUT2D eigenvalue weighted by atomic mass is 35.5. The zero-order valence-corrected chi connectivity index (χ0v) is 9.98. The number of carbonyl (C=O) groups is 1. The first kappa shape index (κ1) is 11.6. The Morgan fingerprint density at radius 2 is 2.35 bits per heavy atom.